The fraction of sp³-hybridized carbons (Fsp3) is 0.471. The molecule has 2 aliphatic rings. The first-order valence-electron chi connectivity index (χ1n) is 7.91. The Kier molecular flexibility index (Phi) is 3.90. The summed E-state index contributed by atoms with van der Waals surface area (Å²) >= 11 is 6.03. The minimum atomic E-state index is 0.714. The van der Waals surface area contributed by atoms with Crippen molar-refractivity contribution >= 4 is 11.6 Å². The number of piperidine rings is 1. The lowest BCUT2D eigenvalue weighted by atomic mass is 9.89. The van der Waals surface area contributed by atoms with Crippen LogP contribution in [-0.2, 0) is 6.54 Å². The van der Waals surface area contributed by atoms with Crippen molar-refractivity contribution in [1.82, 2.24) is 15.2 Å². The van der Waals surface area contributed by atoms with Crippen molar-refractivity contribution < 1.29 is 4.42 Å². The number of fused-ring (bicyclic) bond motifs is 1. The van der Waals surface area contributed by atoms with Crippen LogP contribution in [0.25, 0.3) is 11.3 Å². The second-order valence-electron chi connectivity index (χ2n) is 6.33. The van der Waals surface area contributed by atoms with Crippen molar-refractivity contribution in [1.29, 1.82) is 0 Å². The second kappa shape index (κ2) is 6.03. The molecule has 5 heteroatoms. The summed E-state index contributed by atoms with van der Waals surface area (Å²) in [5.74, 6) is 3.23. The van der Waals surface area contributed by atoms with E-state index < -0.39 is 0 Å². The van der Waals surface area contributed by atoms with E-state index in [1.54, 1.807) is 6.20 Å². The van der Waals surface area contributed by atoms with Crippen LogP contribution in [0.15, 0.2) is 34.9 Å². The van der Waals surface area contributed by atoms with Crippen LogP contribution in [0.3, 0.4) is 0 Å². The average molecular weight is 318 g/mol. The largest absolute Gasteiger partial charge is 0.439 e. The van der Waals surface area contributed by atoms with Crippen LogP contribution in [0.5, 0.6) is 0 Å². The highest BCUT2D eigenvalue weighted by molar-refractivity contribution is 6.30. The van der Waals surface area contributed by atoms with E-state index in [9.17, 15) is 0 Å². The van der Waals surface area contributed by atoms with E-state index in [4.69, 9.17) is 16.0 Å². The molecule has 2 unspecified atom stereocenters. The first kappa shape index (κ1) is 14.2. The number of rotatable bonds is 3. The second-order valence-corrected chi connectivity index (χ2v) is 6.77. The molecular weight excluding hydrogens is 298 g/mol. The van der Waals surface area contributed by atoms with Crippen LogP contribution in [-0.4, -0.2) is 36.1 Å². The van der Waals surface area contributed by atoms with E-state index in [0.29, 0.717) is 5.02 Å². The summed E-state index contributed by atoms with van der Waals surface area (Å²) in [6.07, 6.45) is 3.07. The highest BCUT2D eigenvalue weighted by Gasteiger charge is 2.33. The minimum Gasteiger partial charge on any atom is -0.439 e. The van der Waals surface area contributed by atoms with Crippen molar-refractivity contribution in [3.63, 3.8) is 0 Å². The quantitative estimate of drug-likeness (QED) is 0.944. The number of nitrogens with zero attached hydrogens (tertiary/aromatic N) is 2. The maximum Gasteiger partial charge on any atom is 0.209 e. The highest BCUT2D eigenvalue weighted by atomic mass is 35.5. The van der Waals surface area contributed by atoms with Crippen LogP contribution in [0.1, 0.15) is 12.3 Å². The SMILES string of the molecule is Clc1cccc(-c2cnc(CN3CCC4CNCC4C3)o2)c1. The summed E-state index contributed by atoms with van der Waals surface area (Å²) in [5.41, 5.74) is 0.977. The van der Waals surface area contributed by atoms with E-state index in [-0.39, 0.29) is 0 Å². The Labute approximate surface area is 135 Å². The Hall–Kier alpha value is -1.36. The van der Waals surface area contributed by atoms with Gasteiger partial charge in [-0.25, -0.2) is 4.98 Å². The van der Waals surface area contributed by atoms with E-state index in [0.717, 1.165) is 55.2 Å². The molecule has 116 valence electrons. The van der Waals surface area contributed by atoms with Gasteiger partial charge in [-0.3, -0.25) is 4.90 Å². The standard InChI is InChI=1S/C17H20ClN3O/c18-15-3-1-2-12(6-15)16-9-20-17(22-16)11-21-5-4-13-7-19-8-14(13)10-21/h1-3,6,9,13-14,19H,4-5,7-8,10-11H2. The zero-order chi connectivity index (χ0) is 14.9. The van der Waals surface area contributed by atoms with Crippen LogP contribution < -0.4 is 5.32 Å². The predicted molar refractivity (Wildman–Crippen MR) is 86.7 cm³/mol. The fourth-order valence-electron chi connectivity index (χ4n) is 3.60. The number of aromatic nitrogens is 1. The summed E-state index contributed by atoms with van der Waals surface area (Å²) in [5, 5.41) is 4.22. The molecule has 4 nitrogen and oxygen atoms in total. The highest BCUT2D eigenvalue weighted by Crippen LogP contribution is 2.28. The molecule has 0 radical (unpaired) electrons. The van der Waals surface area contributed by atoms with Gasteiger partial charge in [0.05, 0.1) is 12.7 Å². The van der Waals surface area contributed by atoms with Gasteiger partial charge in [0.1, 0.15) is 0 Å². The van der Waals surface area contributed by atoms with Gasteiger partial charge in [0.2, 0.25) is 5.89 Å². The third kappa shape index (κ3) is 2.91. The molecule has 2 saturated heterocycles. The minimum absolute atomic E-state index is 0.714. The van der Waals surface area contributed by atoms with Gasteiger partial charge in [-0.05, 0) is 50.0 Å². The number of hydrogen-bond donors (Lipinski definition) is 1. The first-order chi connectivity index (χ1) is 10.8. The van der Waals surface area contributed by atoms with E-state index >= 15 is 0 Å². The predicted octanol–water partition coefficient (Wildman–Crippen LogP) is 3.04. The molecule has 0 saturated carbocycles. The van der Waals surface area contributed by atoms with Crippen molar-refractivity contribution in [3.8, 4) is 11.3 Å². The normalized spacial score (nSPS) is 25.3. The van der Waals surface area contributed by atoms with Gasteiger partial charge in [-0.2, -0.15) is 0 Å². The maximum atomic E-state index is 6.03. The molecule has 2 fully saturated rings. The molecule has 0 bridgehead atoms. The summed E-state index contributed by atoms with van der Waals surface area (Å²) < 4.78 is 5.91. The van der Waals surface area contributed by atoms with Gasteiger partial charge in [0, 0.05) is 17.1 Å². The zero-order valence-corrected chi connectivity index (χ0v) is 13.2. The molecule has 4 rings (SSSR count). The third-order valence-corrected chi connectivity index (χ3v) is 5.05. The number of halogens is 1. The maximum absolute atomic E-state index is 6.03. The van der Waals surface area contributed by atoms with Crippen molar-refractivity contribution in [2.45, 2.75) is 13.0 Å². The fourth-order valence-corrected chi connectivity index (χ4v) is 3.79. The third-order valence-electron chi connectivity index (χ3n) is 4.81. The van der Waals surface area contributed by atoms with Gasteiger partial charge in [0.15, 0.2) is 5.76 Å². The van der Waals surface area contributed by atoms with Crippen LogP contribution in [0, 0.1) is 11.8 Å². The first-order valence-corrected chi connectivity index (χ1v) is 8.29. The Morgan fingerprint density at radius 2 is 2.23 bits per heavy atom. The molecule has 1 N–H and O–H groups in total. The van der Waals surface area contributed by atoms with Crippen LogP contribution in [0.2, 0.25) is 5.02 Å². The van der Waals surface area contributed by atoms with E-state index in [1.807, 2.05) is 24.3 Å². The lowest BCUT2D eigenvalue weighted by molar-refractivity contribution is 0.132. The van der Waals surface area contributed by atoms with Gasteiger partial charge in [-0.15, -0.1) is 0 Å². The lowest BCUT2D eigenvalue weighted by Crippen LogP contribution is -2.39. The number of benzene rings is 1. The molecule has 2 atom stereocenters. The molecule has 22 heavy (non-hydrogen) atoms. The molecule has 1 aromatic carbocycles. The Balaban J connectivity index is 1.44. The van der Waals surface area contributed by atoms with E-state index in [1.165, 1.54) is 13.0 Å². The van der Waals surface area contributed by atoms with E-state index in [2.05, 4.69) is 15.2 Å². The zero-order valence-electron chi connectivity index (χ0n) is 12.5. The van der Waals surface area contributed by atoms with Crippen LogP contribution in [0.4, 0.5) is 0 Å². The summed E-state index contributed by atoms with van der Waals surface area (Å²) in [4.78, 5) is 6.89. The topological polar surface area (TPSA) is 41.3 Å². The Morgan fingerprint density at radius 3 is 3.14 bits per heavy atom. The van der Waals surface area contributed by atoms with Gasteiger partial charge in [0.25, 0.3) is 0 Å². The smallest absolute Gasteiger partial charge is 0.209 e. The molecule has 0 amide bonds. The molecular formula is C17H20ClN3O. The number of hydrogen-bond acceptors (Lipinski definition) is 4. The molecule has 2 aliphatic heterocycles. The monoisotopic (exact) mass is 317 g/mol. The summed E-state index contributed by atoms with van der Waals surface area (Å²) in [7, 11) is 0. The lowest BCUT2D eigenvalue weighted by Gasteiger charge is -2.33. The number of oxazole rings is 1. The van der Waals surface area contributed by atoms with Gasteiger partial charge >= 0.3 is 0 Å². The van der Waals surface area contributed by atoms with Crippen LogP contribution >= 0.6 is 11.6 Å². The molecule has 0 spiro atoms. The van der Waals surface area contributed by atoms with Crippen molar-refractivity contribution in [3.05, 3.63) is 41.4 Å². The van der Waals surface area contributed by atoms with Gasteiger partial charge < -0.3 is 9.73 Å². The number of likely N-dealkylation sites (tertiary alicyclic amines) is 1. The summed E-state index contributed by atoms with van der Waals surface area (Å²) in [6, 6.07) is 7.69. The molecule has 0 aliphatic carbocycles. The van der Waals surface area contributed by atoms with Crippen molar-refractivity contribution in [2.75, 3.05) is 26.2 Å². The molecule has 1 aromatic heterocycles. The summed E-state index contributed by atoms with van der Waals surface area (Å²) in [6.45, 7) is 5.42. The molecule has 3 heterocycles. The molecule has 2 aromatic rings. The Morgan fingerprint density at radius 1 is 1.32 bits per heavy atom. The van der Waals surface area contributed by atoms with Crippen molar-refractivity contribution in [2.24, 2.45) is 11.8 Å². The van der Waals surface area contributed by atoms with Gasteiger partial charge in [-0.1, -0.05) is 23.7 Å². The number of nitrogens with one attached hydrogen (secondary N) is 1. The Bertz CT molecular complexity index is 657. The average Bonchev–Trinajstić information content (AvgIpc) is 3.16.